The van der Waals surface area contributed by atoms with Gasteiger partial charge in [0.05, 0.1) is 19.7 Å². The quantitative estimate of drug-likeness (QED) is 0.916. The fourth-order valence-electron chi connectivity index (χ4n) is 1.65. The Morgan fingerprint density at radius 3 is 2.53 bits per heavy atom. The van der Waals surface area contributed by atoms with E-state index in [-0.39, 0.29) is 5.75 Å². The zero-order valence-corrected chi connectivity index (χ0v) is 10.2. The van der Waals surface area contributed by atoms with E-state index in [1.165, 1.54) is 14.0 Å². The second-order valence-electron chi connectivity index (χ2n) is 3.97. The summed E-state index contributed by atoms with van der Waals surface area (Å²) < 4.78 is 42.6. The van der Waals surface area contributed by atoms with Crippen molar-refractivity contribution in [3.05, 3.63) is 28.2 Å². The maximum Gasteiger partial charge on any atom is 0.391 e. The van der Waals surface area contributed by atoms with Crippen LogP contribution in [0.25, 0.3) is 0 Å². The summed E-state index contributed by atoms with van der Waals surface area (Å²) >= 11 is 0. The smallest absolute Gasteiger partial charge is 0.391 e. The molecule has 1 rings (SSSR count). The molecule has 0 fully saturated rings. The van der Waals surface area contributed by atoms with Gasteiger partial charge in [0.15, 0.2) is 5.75 Å². The molecular formula is C11H12F3NO4. The molecule has 0 radical (unpaired) electrons. The van der Waals surface area contributed by atoms with Crippen LogP contribution in [0.3, 0.4) is 0 Å². The van der Waals surface area contributed by atoms with Crippen LogP contribution in [0.15, 0.2) is 17.1 Å². The number of carboxylic acid groups (broad SMARTS) is 1. The highest BCUT2D eigenvalue weighted by Crippen LogP contribution is 2.28. The Kier molecular flexibility index (Phi) is 4.23. The average Bonchev–Trinajstić information content (AvgIpc) is 2.25. The minimum Gasteiger partial charge on any atom is -0.491 e. The first-order valence-corrected chi connectivity index (χ1v) is 5.26. The van der Waals surface area contributed by atoms with Gasteiger partial charge in [0.2, 0.25) is 5.43 Å². The van der Waals surface area contributed by atoms with Crippen LogP contribution in [-0.4, -0.2) is 28.9 Å². The van der Waals surface area contributed by atoms with Crippen molar-refractivity contribution in [3.63, 3.8) is 0 Å². The molecule has 0 saturated carbocycles. The summed E-state index contributed by atoms with van der Waals surface area (Å²) in [5.74, 6) is -1.69. The van der Waals surface area contributed by atoms with E-state index >= 15 is 0 Å². The summed E-state index contributed by atoms with van der Waals surface area (Å²) in [6.07, 6.45) is -4.67. The van der Waals surface area contributed by atoms with Gasteiger partial charge in [-0.05, 0) is 6.92 Å². The van der Waals surface area contributed by atoms with Crippen LogP contribution in [0.1, 0.15) is 29.9 Å². The van der Waals surface area contributed by atoms with Crippen LogP contribution in [0, 0.1) is 0 Å². The Balaban J connectivity index is 3.31. The lowest BCUT2D eigenvalue weighted by molar-refractivity contribution is -0.141. The lowest BCUT2D eigenvalue weighted by atomic mass is 10.2. The first-order chi connectivity index (χ1) is 8.65. The van der Waals surface area contributed by atoms with Crippen molar-refractivity contribution in [1.29, 1.82) is 0 Å². The minimum absolute atomic E-state index is 0.209. The fraction of sp³-hybridized carbons (Fsp3) is 0.455. The van der Waals surface area contributed by atoms with Crippen LogP contribution in [0.5, 0.6) is 5.75 Å². The lowest BCUT2D eigenvalue weighted by Gasteiger charge is -2.20. The third kappa shape index (κ3) is 3.73. The van der Waals surface area contributed by atoms with Gasteiger partial charge < -0.3 is 14.4 Å². The molecule has 1 heterocycles. The maximum absolute atomic E-state index is 12.3. The number of nitrogens with zero attached hydrogens (tertiary/aromatic N) is 1. The number of aromatic nitrogens is 1. The molecule has 19 heavy (non-hydrogen) atoms. The number of pyridine rings is 1. The number of hydrogen-bond acceptors (Lipinski definition) is 3. The molecule has 1 N–H and O–H groups in total. The van der Waals surface area contributed by atoms with Gasteiger partial charge in [-0.3, -0.25) is 4.79 Å². The number of methoxy groups -OCH3 is 1. The van der Waals surface area contributed by atoms with E-state index in [4.69, 9.17) is 9.84 Å². The largest absolute Gasteiger partial charge is 0.491 e. The van der Waals surface area contributed by atoms with E-state index in [1.807, 2.05) is 0 Å². The first-order valence-electron chi connectivity index (χ1n) is 5.26. The van der Waals surface area contributed by atoms with Crippen LogP contribution in [0.2, 0.25) is 0 Å². The van der Waals surface area contributed by atoms with Crippen LogP contribution in [-0.2, 0) is 0 Å². The van der Waals surface area contributed by atoms with Gasteiger partial charge in [-0.15, -0.1) is 0 Å². The normalized spacial score (nSPS) is 13.1. The Morgan fingerprint density at radius 1 is 1.53 bits per heavy atom. The van der Waals surface area contributed by atoms with E-state index < -0.39 is 35.7 Å². The zero-order valence-electron chi connectivity index (χ0n) is 10.2. The Hall–Kier alpha value is -1.99. The van der Waals surface area contributed by atoms with Crippen molar-refractivity contribution in [1.82, 2.24) is 4.57 Å². The number of aromatic carboxylic acids is 1. The van der Waals surface area contributed by atoms with Crippen LogP contribution < -0.4 is 10.2 Å². The number of halogens is 3. The third-order valence-electron chi connectivity index (χ3n) is 2.49. The predicted octanol–water partition coefficient (Wildman–Crippen LogP) is 2.07. The number of carbonyl (C=O) groups is 1. The third-order valence-corrected chi connectivity index (χ3v) is 2.49. The molecule has 1 unspecified atom stereocenters. The summed E-state index contributed by atoms with van der Waals surface area (Å²) in [5, 5.41) is 8.92. The minimum atomic E-state index is -4.44. The van der Waals surface area contributed by atoms with E-state index in [2.05, 4.69) is 0 Å². The van der Waals surface area contributed by atoms with Crippen molar-refractivity contribution in [2.75, 3.05) is 7.11 Å². The number of alkyl halides is 3. The summed E-state index contributed by atoms with van der Waals surface area (Å²) in [7, 11) is 1.18. The van der Waals surface area contributed by atoms with E-state index in [0.717, 1.165) is 16.8 Å². The number of ether oxygens (including phenoxy) is 1. The monoisotopic (exact) mass is 279 g/mol. The number of rotatable bonds is 4. The van der Waals surface area contributed by atoms with Crippen LogP contribution in [0.4, 0.5) is 13.2 Å². The molecular weight excluding hydrogens is 267 g/mol. The highest BCUT2D eigenvalue weighted by atomic mass is 19.4. The molecule has 106 valence electrons. The standard InChI is InChI=1S/C11H12F3NO4/c1-6(4-11(12,13)14)15-5-9(19-2)8(16)3-7(15)10(17)18/h3,5-6H,4H2,1-2H3,(H,17,18). The summed E-state index contributed by atoms with van der Waals surface area (Å²) in [5.41, 5.74) is -1.21. The van der Waals surface area contributed by atoms with Gasteiger partial charge in [0, 0.05) is 12.1 Å². The van der Waals surface area contributed by atoms with E-state index in [9.17, 15) is 22.8 Å². The van der Waals surface area contributed by atoms with Gasteiger partial charge in [-0.2, -0.15) is 13.2 Å². The highest BCUT2D eigenvalue weighted by Gasteiger charge is 2.32. The molecule has 0 aliphatic rings. The predicted molar refractivity (Wildman–Crippen MR) is 59.6 cm³/mol. The van der Waals surface area contributed by atoms with Gasteiger partial charge in [-0.1, -0.05) is 0 Å². The molecule has 0 amide bonds. The Bertz CT molecular complexity index is 536. The second kappa shape index (κ2) is 5.33. The molecule has 0 spiro atoms. The van der Waals surface area contributed by atoms with Crippen molar-refractivity contribution >= 4 is 5.97 Å². The van der Waals surface area contributed by atoms with Gasteiger partial charge >= 0.3 is 12.1 Å². The van der Waals surface area contributed by atoms with Gasteiger partial charge in [0.1, 0.15) is 5.69 Å². The average molecular weight is 279 g/mol. The van der Waals surface area contributed by atoms with Crippen LogP contribution >= 0.6 is 0 Å². The molecule has 1 aromatic heterocycles. The zero-order chi connectivity index (χ0) is 14.8. The number of hydrogen-bond donors (Lipinski definition) is 1. The molecule has 0 aliphatic carbocycles. The van der Waals surface area contributed by atoms with Gasteiger partial charge in [0.25, 0.3) is 0 Å². The summed E-state index contributed by atoms with van der Waals surface area (Å²) in [6, 6.07) is -0.422. The first kappa shape index (κ1) is 15.1. The Morgan fingerprint density at radius 2 is 2.11 bits per heavy atom. The Labute approximate surface area is 106 Å². The molecule has 8 heteroatoms. The summed E-state index contributed by atoms with van der Waals surface area (Å²) in [6.45, 7) is 1.21. The van der Waals surface area contributed by atoms with Crippen molar-refractivity contribution in [2.24, 2.45) is 0 Å². The number of carboxylic acids is 1. The lowest BCUT2D eigenvalue weighted by Crippen LogP contribution is -2.23. The molecule has 5 nitrogen and oxygen atoms in total. The summed E-state index contributed by atoms with van der Waals surface area (Å²) in [4.78, 5) is 22.4. The molecule has 0 bridgehead atoms. The second-order valence-corrected chi connectivity index (χ2v) is 3.97. The highest BCUT2D eigenvalue weighted by molar-refractivity contribution is 5.85. The fourth-order valence-corrected chi connectivity index (χ4v) is 1.65. The maximum atomic E-state index is 12.3. The van der Waals surface area contributed by atoms with E-state index in [1.54, 1.807) is 0 Å². The van der Waals surface area contributed by atoms with Crippen molar-refractivity contribution in [2.45, 2.75) is 25.6 Å². The van der Waals surface area contributed by atoms with Gasteiger partial charge in [-0.25, -0.2) is 4.79 Å². The van der Waals surface area contributed by atoms with Crippen molar-refractivity contribution in [3.8, 4) is 5.75 Å². The topological polar surface area (TPSA) is 68.5 Å². The van der Waals surface area contributed by atoms with Crippen molar-refractivity contribution < 1.29 is 27.8 Å². The molecule has 1 aromatic rings. The SMILES string of the molecule is COc1cn(C(C)CC(F)(F)F)c(C(=O)O)cc1=O. The van der Waals surface area contributed by atoms with E-state index in [0.29, 0.717) is 0 Å². The molecule has 0 aromatic carbocycles. The molecule has 0 aliphatic heterocycles. The molecule has 1 atom stereocenters. The molecule has 0 saturated heterocycles.